The van der Waals surface area contributed by atoms with Crippen LogP contribution >= 0.6 is 11.8 Å². The van der Waals surface area contributed by atoms with Gasteiger partial charge in [-0.15, -0.1) is 11.8 Å². The third kappa shape index (κ3) is 5.52. The van der Waals surface area contributed by atoms with Crippen LogP contribution in [0.4, 0.5) is 0 Å². The van der Waals surface area contributed by atoms with Crippen molar-refractivity contribution >= 4 is 11.8 Å². The van der Waals surface area contributed by atoms with E-state index in [1.165, 1.54) is 21.7 Å². The van der Waals surface area contributed by atoms with Gasteiger partial charge in [0.2, 0.25) is 0 Å². The quantitative estimate of drug-likeness (QED) is 0.819. The second-order valence-electron chi connectivity index (χ2n) is 6.31. The van der Waals surface area contributed by atoms with Crippen LogP contribution in [-0.2, 0) is 12.3 Å². The highest BCUT2D eigenvalue weighted by Crippen LogP contribution is 2.24. The van der Waals surface area contributed by atoms with E-state index < -0.39 is 0 Å². The van der Waals surface area contributed by atoms with Crippen LogP contribution in [0.1, 0.15) is 37.6 Å². The highest BCUT2D eigenvalue weighted by molar-refractivity contribution is 7.98. The Hall–Kier alpha value is -1.32. The smallest absolute Gasteiger partial charge is 0.0535 e. The van der Waals surface area contributed by atoms with Crippen molar-refractivity contribution < 1.29 is 0 Å². The molecule has 0 saturated heterocycles. The van der Waals surface area contributed by atoms with Crippen molar-refractivity contribution in [1.29, 1.82) is 0 Å². The molecule has 0 amide bonds. The Morgan fingerprint density at radius 2 is 1.95 bits per heavy atom. The minimum atomic E-state index is 0.147. The van der Waals surface area contributed by atoms with Gasteiger partial charge in [-0.3, -0.25) is 4.98 Å². The van der Waals surface area contributed by atoms with Gasteiger partial charge in [0.1, 0.15) is 0 Å². The fourth-order valence-electron chi connectivity index (χ4n) is 1.93. The minimum Gasteiger partial charge on any atom is -0.308 e. The van der Waals surface area contributed by atoms with Crippen molar-refractivity contribution in [3.8, 4) is 0 Å². The number of aryl methyl sites for hydroxylation is 1. The number of hydrogen-bond donors (Lipinski definition) is 1. The fourth-order valence-corrected chi connectivity index (χ4v) is 2.95. The first-order chi connectivity index (χ1) is 9.94. The number of aromatic nitrogens is 1. The first-order valence-corrected chi connectivity index (χ1v) is 8.30. The maximum absolute atomic E-state index is 4.45. The Balaban J connectivity index is 1.96. The molecule has 3 heteroatoms. The van der Waals surface area contributed by atoms with E-state index >= 15 is 0 Å². The van der Waals surface area contributed by atoms with Gasteiger partial charge in [-0.1, -0.05) is 18.2 Å². The van der Waals surface area contributed by atoms with Crippen molar-refractivity contribution in [3.05, 3.63) is 59.4 Å². The van der Waals surface area contributed by atoms with Crippen LogP contribution in [-0.4, -0.2) is 10.5 Å². The summed E-state index contributed by atoms with van der Waals surface area (Å²) in [6, 6.07) is 12.8. The summed E-state index contributed by atoms with van der Waals surface area (Å²) in [5, 5.41) is 3.53. The molecular weight excluding hydrogens is 276 g/mol. The number of benzene rings is 1. The number of pyridine rings is 1. The molecule has 1 heterocycles. The molecule has 0 atom stereocenters. The lowest BCUT2D eigenvalue weighted by molar-refractivity contribution is 0.424. The minimum absolute atomic E-state index is 0.147. The zero-order chi connectivity index (χ0) is 15.3. The summed E-state index contributed by atoms with van der Waals surface area (Å²) in [6.45, 7) is 9.59. The molecule has 0 saturated carbocycles. The van der Waals surface area contributed by atoms with E-state index in [2.05, 4.69) is 68.3 Å². The van der Waals surface area contributed by atoms with Crippen molar-refractivity contribution in [2.75, 3.05) is 0 Å². The molecule has 0 aliphatic carbocycles. The molecule has 2 nitrogen and oxygen atoms in total. The van der Waals surface area contributed by atoms with Gasteiger partial charge < -0.3 is 5.32 Å². The van der Waals surface area contributed by atoms with Crippen LogP contribution in [0.15, 0.2) is 47.5 Å². The molecule has 2 rings (SSSR count). The molecule has 0 radical (unpaired) electrons. The van der Waals surface area contributed by atoms with E-state index in [0.29, 0.717) is 0 Å². The standard InChI is InChI=1S/C18H24N2S/c1-14-7-6-10-19-17(14)13-21-16-9-5-8-15(11-16)12-20-18(2,3)4/h5-11,20H,12-13H2,1-4H3. The zero-order valence-electron chi connectivity index (χ0n) is 13.3. The Bertz CT molecular complexity index is 588. The SMILES string of the molecule is Cc1cccnc1CSc1cccc(CNC(C)(C)C)c1. The van der Waals surface area contributed by atoms with Gasteiger partial charge in [0, 0.05) is 28.9 Å². The topological polar surface area (TPSA) is 24.9 Å². The van der Waals surface area contributed by atoms with Crippen LogP contribution in [0, 0.1) is 6.92 Å². The van der Waals surface area contributed by atoms with E-state index in [4.69, 9.17) is 0 Å². The highest BCUT2D eigenvalue weighted by Gasteiger charge is 2.08. The van der Waals surface area contributed by atoms with Gasteiger partial charge in [0.05, 0.1) is 5.69 Å². The second-order valence-corrected chi connectivity index (χ2v) is 7.36. The lowest BCUT2D eigenvalue weighted by atomic mass is 10.1. The average molecular weight is 300 g/mol. The molecule has 0 bridgehead atoms. The summed E-state index contributed by atoms with van der Waals surface area (Å²) in [5.74, 6) is 0.919. The molecule has 1 N–H and O–H groups in total. The summed E-state index contributed by atoms with van der Waals surface area (Å²) in [6.07, 6.45) is 1.87. The molecule has 2 aromatic rings. The molecule has 0 spiro atoms. The van der Waals surface area contributed by atoms with Crippen LogP contribution in [0.3, 0.4) is 0 Å². The monoisotopic (exact) mass is 300 g/mol. The Labute approximate surface area is 132 Å². The molecule has 112 valence electrons. The van der Waals surface area contributed by atoms with Crippen molar-refractivity contribution in [1.82, 2.24) is 10.3 Å². The van der Waals surface area contributed by atoms with Crippen molar-refractivity contribution in [2.45, 2.75) is 50.4 Å². The normalized spacial score (nSPS) is 11.6. The third-order valence-electron chi connectivity index (χ3n) is 3.21. The van der Waals surface area contributed by atoms with E-state index in [1.54, 1.807) is 0 Å². The number of thioether (sulfide) groups is 1. The third-order valence-corrected chi connectivity index (χ3v) is 4.22. The lowest BCUT2D eigenvalue weighted by Crippen LogP contribution is -2.35. The first kappa shape index (κ1) is 16.1. The molecule has 21 heavy (non-hydrogen) atoms. The van der Waals surface area contributed by atoms with Gasteiger partial charge in [0.15, 0.2) is 0 Å². The number of nitrogens with one attached hydrogen (secondary N) is 1. The van der Waals surface area contributed by atoms with E-state index in [1.807, 2.05) is 24.0 Å². The fraction of sp³-hybridized carbons (Fsp3) is 0.389. The van der Waals surface area contributed by atoms with E-state index in [-0.39, 0.29) is 5.54 Å². The number of nitrogens with zero attached hydrogens (tertiary/aromatic N) is 1. The Morgan fingerprint density at radius 3 is 2.67 bits per heavy atom. The van der Waals surface area contributed by atoms with Crippen LogP contribution in [0.5, 0.6) is 0 Å². The summed E-state index contributed by atoms with van der Waals surface area (Å²) in [5.41, 5.74) is 3.90. The maximum atomic E-state index is 4.45. The number of rotatable bonds is 5. The van der Waals surface area contributed by atoms with Crippen LogP contribution in [0.25, 0.3) is 0 Å². The number of hydrogen-bond acceptors (Lipinski definition) is 3. The molecule has 0 aliphatic heterocycles. The predicted molar refractivity (Wildman–Crippen MR) is 91.6 cm³/mol. The van der Waals surface area contributed by atoms with Gasteiger partial charge >= 0.3 is 0 Å². The second kappa shape index (κ2) is 7.10. The Morgan fingerprint density at radius 1 is 1.14 bits per heavy atom. The zero-order valence-corrected chi connectivity index (χ0v) is 14.1. The summed E-state index contributed by atoms with van der Waals surface area (Å²) < 4.78 is 0. The summed E-state index contributed by atoms with van der Waals surface area (Å²) in [4.78, 5) is 5.75. The molecular formula is C18H24N2S. The molecule has 1 aromatic carbocycles. The maximum Gasteiger partial charge on any atom is 0.0535 e. The summed E-state index contributed by atoms with van der Waals surface area (Å²) >= 11 is 1.84. The van der Waals surface area contributed by atoms with Crippen molar-refractivity contribution in [2.24, 2.45) is 0 Å². The van der Waals surface area contributed by atoms with Gasteiger partial charge in [-0.2, -0.15) is 0 Å². The lowest BCUT2D eigenvalue weighted by Gasteiger charge is -2.20. The van der Waals surface area contributed by atoms with E-state index in [0.717, 1.165) is 12.3 Å². The van der Waals surface area contributed by atoms with Gasteiger partial charge in [-0.25, -0.2) is 0 Å². The molecule has 0 aliphatic rings. The van der Waals surface area contributed by atoms with Crippen LogP contribution in [0.2, 0.25) is 0 Å². The largest absolute Gasteiger partial charge is 0.308 e. The highest BCUT2D eigenvalue weighted by atomic mass is 32.2. The van der Waals surface area contributed by atoms with Crippen molar-refractivity contribution in [3.63, 3.8) is 0 Å². The van der Waals surface area contributed by atoms with Crippen LogP contribution < -0.4 is 5.32 Å². The molecule has 0 fully saturated rings. The summed E-state index contributed by atoms with van der Waals surface area (Å²) in [7, 11) is 0. The molecule has 1 aromatic heterocycles. The molecule has 0 unspecified atom stereocenters. The average Bonchev–Trinajstić information content (AvgIpc) is 2.44. The van der Waals surface area contributed by atoms with Gasteiger partial charge in [-0.05, 0) is 57.0 Å². The Kier molecular flexibility index (Phi) is 5.43. The predicted octanol–water partition coefficient (Wildman–Crippen LogP) is 4.57. The van der Waals surface area contributed by atoms with E-state index in [9.17, 15) is 0 Å². The first-order valence-electron chi connectivity index (χ1n) is 7.31. The van der Waals surface area contributed by atoms with Gasteiger partial charge in [0.25, 0.3) is 0 Å².